The Bertz CT molecular complexity index is 463. The topological polar surface area (TPSA) is 107 Å². The Morgan fingerprint density at radius 3 is 1.48 bits per heavy atom. The Kier molecular flexibility index (Phi) is 12.0. The molecule has 0 radical (unpaired) electrons. The summed E-state index contributed by atoms with van der Waals surface area (Å²) in [6.45, 7) is 8.14. The number of hydrogen-bond donors (Lipinski definition) is 0. The van der Waals surface area contributed by atoms with Gasteiger partial charge in [-0.2, -0.15) is 0 Å². The Morgan fingerprint density at radius 1 is 0.760 bits per heavy atom. The lowest BCUT2D eigenvalue weighted by Gasteiger charge is -2.33. The number of methoxy groups -OCH3 is 1. The zero-order valence-corrected chi connectivity index (χ0v) is 17.5. The third-order valence-electron chi connectivity index (χ3n) is 2.93. The molecule has 0 aliphatic carbocycles. The summed E-state index contributed by atoms with van der Waals surface area (Å²) in [5.41, 5.74) is -1.61. The highest BCUT2D eigenvalue weighted by atomic mass is 31.2. The second-order valence-corrected chi connectivity index (χ2v) is 8.83. The van der Waals surface area contributed by atoms with Gasteiger partial charge in [-0.05, 0) is 34.6 Å². The van der Waals surface area contributed by atoms with Crippen LogP contribution >= 0.6 is 15.2 Å². The van der Waals surface area contributed by atoms with Gasteiger partial charge in [0.05, 0.1) is 33.0 Å². The number of rotatable bonds is 14. The second-order valence-electron chi connectivity index (χ2n) is 4.57. The number of esters is 1. The van der Waals surface area contributed by atoms with E-state index >= 15 is 0 Å². The summed E-state index contributed by atoms with van der Waals surface area (Å²) in [4.78, 5) is 12.5. The minimum absolute atomic E-state index is 0.0111. The molecule has 0 aliphatic rings. The first-order valence-electron chi connectivity index (χ1n) is 8.26. The van der Waals surface area contributed by atoms with Crippen molar-refractivity contribution < 1.29 is 41.5 Å². The maximum Gasteiger partial charge on any atom is 0.360 e. The lowest BCUT2D eigenvalue weighted by Crippen LogP contribution is -2.39. The van der Waals surface area contributed by atoms with E-state index in [4.69, 9.17) is 27.6 Å². The highest BCUT2D eigenvalue weighted by molar-refractivity contribution is 7.60. The first-order chi connectivity index (χ1) is 11.8. The molecule has 9 nitrogen and oxygen atoms in total. The molecule has 0 fully saturated rings. The molecule has 0 saturated carbocycles. The van der Waals surface area contributed by atoms with Gasteiger partial charge in [0.1, 0.15) is 0 Å². The van der Waals surface area contributed by atoms with Crippen molar-refractivity contribution in [2.45, 2.75) is 46.1 Å². The Labute approximate surface area is 149 Å². The fraction of sp³-hybridized carbons (Fsp3) is 0.929. The molecule has 0 bridgehead atoms. The third kappa shape index (κ3) is 6.75. The van der Waals surface area contributed by atoms with Crippen molar-refractivity contribution in [1.82, 2.24) is 0 Å². The van der Waals surface area contributed by atoms with E-state index in [1.807, 2.05) is 0 Å². The molecule has 11 heteroatoms. The van der Waals surface area contributed by atoms with Gasteiger partial charge in [-0.25, -0.2) is 0 Å². The normalized spacial score (nSPS) is 15.0. The smallest absolute Gasteiger partial charge is 0.360 e. The number of hydrogen-bond acceptors (Lipinski definition) is 9. The van der Waals surface area contributed by atoms with Gasteiger partial charge in [-0.3, -0.25) is 13.9 Å². The van der Waals surface area contributed by atoms with Crippen LogP contribution in [0.3, 0.4) is 0 Å². The van der Waals surface area contributed by atoms with Crippen LogP contribution in [0.15, 0.2) is 0 Å². The van der Waals surface area contributed by atoms with Crippen molar-refractivity contribution in [1.29, 1.82) is 0 Å². The Balaban J connectivity index is 6.18. The van der Waals surface area contributed by atoms with Gasteiger partial charge >= 0.3 is 21.2 Å². The molecule has 0 saturated heterocycles. The molecule has 25 heavy (non-hydrogen) atoms. The van der Waals surface area contributed by atoms with Crippen LogP contribution in [0.2, 0.25) is 0 Å². The van der Waals surface area contributed by atoms with E-state index in [1.54, 1.807) is 34.6 Å². The monoisotopic (exact) mass is 404 g/mol. The molecule has 0 aromatic carbocycles. The Morgan fingerprint density at radius 2 is 1.16 bits per heavy atom. The molecule has 2 atom stereocenters. The average Bonchev–Trinajstić information content (AvgIpc) is 2.53. The predicted octanol–water partition coefficient (Wildman–Crippen LogP) is 3.42. The van der Waals surface area contributed by atoms with Crippen LogP contribution in [0.4, 0.5) is 0 Å². The molecular weight excluding hydrogens is 374 g/mol. The highest BCUT2D eigenvalue weighted by Crippen LogP contribution is 2.64. The Hall–Kier alpha value is -0.270. The van der Waals surface area contributed by atoms with Gasteiger partial charge in [0.2, 0.25) is 0 Å². The molecule has 0 aromatic rings. The molecule has 150 valence electrons. The molecular formula is C14H30O9P2. The molecule has 0 aliphatic heterocycles. The summed E-state index contributed by atoms with van der Waals surface area (Å²) in [5.74, 6) is -2.42. The second kappa shape index (κ2) is 12.2. The molecule has 0 heterocycles. The maximum absolute atomic E-state index is 13.2. The van der Waals surface area contributed by atoms with Crippen LogP contribution in [0.5, 0.6) is 0 Å². The zero-order chi connectivity index (χ0) is 19.5. The lowest BCUT2D eigenvalue weighted by molar-refractivity contribution is -0.145. The number of ether oxygens (including phenoxy) is 2. The first kappa shape index (κ1) is 24.7. The summed E-state index contributed by atoms with van der Waals surface area (Å²) in [6, 6.07) is 0. The molecule has 0 spiro atoms. The zero-order valence-electron chi connectivity index (χ0n) is 15.8. The molecule has 2 unspecified atom stereocenters. The van der Waals surface area contributed by atoms with Gasteiger partial charge in [0.25, 0.3) is 0 Å². The number of carbonyl (C=O) groups excluding carboxylic acids is 1. The van der Waals surface area contributed by atoms with Gasteiger partial charge < -0.3 is 27.6 Å². The third-order valence-corrected chi connectivity index (χ3v) is 7.93. The molecule has 0 amide bonds. The van der Waals surface area contributed by atoms with E-state index in [1.165, 1.54) is 7.11 Å². The molecule has 0 rings (SSSR count). The lowest BCUT2D eigenvalue weighted by atomic mass is 10.4. The van der Waals surface area contributed by atoms with Crippen molar-refractivity contribution in [3.8, 4) is 0 Å². The minimum atomic E-state index is -4.06. The number of carbonyl (C=O) groups is 1. The van der Waals surface area contributed by atoms with Gasteiger partial charge in [-0.1, -0.05) is 0 Å². The van der Waals surface area contributed by atoms with E-state index in [-0.39, 0.29) is 33.0 Å². The summed E-state index contributed by atoms with van der Waals surface area (Å²) < 4.78 is 57.6. The van der Waals surface area contributed by atoms with Gasteiger partial charge in [0.15, 0.2) is 11.5 Å². The van der Waals surface area contributed by atoms with E-state index in [0.29, 0.717) is 0 Å². The van der Waals surface area contributed by atoms with Crippen molar-refractivity contribution in [2.75, 3.05) is 40.1 Å². The van der Waals surface area contributed by atoms with E-state index in [0.717, 1.165) is 0 Å². The van der Waals surface area contributed by atoms with Crippen LogP contribution in [0.1, 0.15) is 34.6 Å². The van der Waals surface area contributed by atoms with E-state index in [2.05, 4.69) is 0 Å². The maximum atomic E-state index is 13.2. The van der Waals surface area contributed by atoms with Crippen LogP contribution in [0.25, 0.3) is 0 Å². The van der Waals surface area contributed by atoms with Crippen LogP contribution in [0, 0.1) is 0 Å². The summed E-state index contributed by atoms with van der Waals surface area (Å²) in [7, 11) is -6.81. The van der Waals surface area contributed by atoms with Crippen LogP contribution < -0.4 is 0 Å². The summed E-state index contributed by atoms with van der Waals surface area (Å²) in [5, 5.41) is 0. The highest BCUT2D eigenvalue weighted by Gasteiger charge is 2.56. The van der Waals surface area contributed by atoms with E-state index in [9.17, 15) is 13.9 Å². The quantitative estimate of drug-likeness (QED) is 0.318. The predicted molar refractivity (Wildman–Crippen MR) is 92.9 cm³/mol. The largest absolute Gasteiger partial charge is 0.465 e. The molecule has 0 aromatic heterocycles. The van der Waals surface area contributed by atoms with Crippen molar-refractivity contribution in [2.24, 2.45) is 0 Å². The fourth-order valence-corrected chi connectivity index (χ4v) is 6.84. The average molecular weight is 404 g/mol. The fourth-order valence-electron chi connectivity index (χ4n) is 2.16. The minimum Gasteiger partial charge on any atom is -0.465 e. The SMILES string of the molecule is CCOC(=O)C(C(OC)P(=O)(OCC)OCC)P(=O)(OCC)OCC. The summed E-state index contributed by atoms with van der Waals surface area (Å²) >= 11 is 0. The van der Waals surface area contributed by atoms with Gasteiger partial charge in [-0.15, -0.1) is 0 Å². The standard InChI is InChI=1S/C14H30O9P2/c1-7-19-13(15)12(24(16,20-8-2)21-9-3)14(18-6)25(17,22-10-4)23-11-5/h12,14H,7-11H2,1-6H3. The molecule has 0 N–H and O–H groups in total. The van der Waals surface area contributed by atoms with Crippen LogP contribution in [-0.2, 0) is 41.5 Å². The van der Waals surface area contributed by atoms with Crippen molar-refractivity contribution >= 4 is 21.2 Å². The van der Waals surface area contributed by atoms with Crippen LogP contribution in [-0.4, -0.2) is 57.6 Å². The van der Waals surface area contributed by atoms with Crippen molar-refractivity contribution in [3.63, 3.8) is 0 Å². The van der Waals surface area contributed by atoms with Crippen molar-refractivity contribution in [3.05, 3.63) is 0 Å². The summed E-state index contributed by atoms with van der Waals surface area (Å²) in [6.07, 6.45) is 0. The van der Waals surface area contributed by atoms with Gasteiger partial charge in [0, 0.05) is 7.11 Å². The first-order valence-corrected chi connectivity index (χ1v) is 11.5. The van der Waals surface area contributed by atoms with E-state index < -0.39 is 32.7 Å².